The minimum absolute atomic E-state index is 0.0867. The quantitative estimate of drug-likeness (QED) is 0.255. The smallest absolute Gasteiger partial charge is 0.240 e. The van der Waals surface area contributed by atoms with Gasteiger partial charge in [0, 0.05) is 6.92 Å². The first kappa shape index (κ1) is 13.8. The third-order valence-electron chi connectivity index (χ3n) is 1.80. The number of amides is 2. The second-order valence-electron chi connectivity index (χ2n) is 3.10. The molecule has 0 aliphatic rings. The Balaban J connectivity index is 4.03. The van der Waals surface area contributed by atoms with Crippen molar-refractivity contribution in [3.8, 4) is 6.19 Å². The Morgan fingerprint density at radius 2 is 2.25 bits per heavy atom. The summed E-state index contributed by atoms with van der Waals surface area (Å²) in [6, 6.07) is -0.787. The Morgan fingerprint density at radius 3 is 2.62 bits per heavy atom. The maximum atomic E-state index is 10.9. The first-order valence-electron chi connectivity index (χ1n) is 4.58. The van der Waals surface area contributed by atoms with Gasteiger partial charge in [0.25, 0.3) is 0 Å². The van der Waals surface area contributed by atoms with E-state index in [-0.39, 0.29) is 18.9 Å². The molecule has 0 aromatic carbocycles. The van der Waals surface area contributed by atoms with Crippen LogP contribution in [0.1, 0.15) is 19.8 Å². The van der Waals surface area contributed by atoms with E-state index in [1.165, 1.54) is 6.92 Å². The summed E-state index contributed by atoms with van der Waals surface area (Å²) in [5.41, 5.74) is 5.05. The van der Waals surface area contributed by atoms with E-state index in [0.29, 0.717) is 11.4 Å². The lowest BCUT2D eigenvalue weighted by Crippen LogP contribution is -2.43. The van der Waals surface area contributed by atoms with Gasteiger partial charge in [0.1, 0.15) is 6.04 Å². The SMILES string of the molecule is CC(=O)N[C@@H](CCCN(C#N)N=O)C(N)=O. The Hall–Kier alpha value is -2.17. The lowest BCUT2D eigenvalue weighted by Gasteiger charge is -2.14. The van der Waals surface area contributed by atoms with Crippen LogP contribution in [0.4, 0.5) is 0 Å². The summed E-state index contributed by atoms with van der Waals surface area (Å²) in [4.78, 5) is 31.6. The highest BCUT2D eigenvalue weighted by Crippen LogP contribution is 1.99. The van der Waals surface area contributed by atoms with E-state index in [4.69, 9.17) is 11.0 Å². The average molecular weight is 227 g/mol. The molecule has 0 aliphatic carbocycles. The van der Waals surface area contributed by atoms with Gasteiger partial charge in [-0.1, -0.05) is 0 Å². The lowest BCUT2D eigenvalue weighted by molar-refractivity contribution is -0.126. The molecule has 0 spiro atoms. The number of carbonyl (C=O) groups is 2. The number of nitrogens with one attached hydrogen (secondary N) is 1. The topological polar surface area (TPSA) is 129 Å². The van der Waals surface area contributed by atoms with Crippen LogP contribution in [0, 0.1) is 16.4 Å². The number of carbonyl (C=O) groups excluding carboxylic acids is 2. The van der Waals surface area contributed by atoms with Crippen LogP contribution in [0.5, 0.6) is 0 Å². The van der Waals surface area contributed by atoms with Gasteiger partial charge in [-0.25, -0.2) is 0 Å². The van der Waals surface area contributed by atoms with Crippen LogP contribution < -0.4 is 11.1 Å². The zero-order valence-electron chi connectivity index (χ0n) is 8.84. The molecule has 0 saturated carbocycles. The fraction of sp³-hybridized carbons (Fsp3) is 0.625. The molecule has 0 saturated heterocycles. The van der Waals surface area contributed by atoms with Crippen LogP contribution in [0.2, 0.25) is 0 Å². The summed E-state index contributed by atoms with van der Waals surface area (Å²) in [5, 5.41) is 13.8. The molecule has 0 unspecified atom stereocenters. The van der Waals surface area contributed by atoms with Crippen molar-refractivity contribution in [2.24, 2.45) is 11.0 Å². The van der Waals surface area contributed by atoms with Gasteiger partial charge in [0.05, 0.1) is 11.8 Å². The van der Waals surface area contributed by atoms with Crippen molar-refractivity contribution in [1.29, 1.82) is 5.26 Å². The Labute approximate surface area is 92.3 Å². The Kier molecular flexibility index (Phi) is 6.19. The molecule has 8 heteroatoms. The summed E-state index contributed by atoms with van der Waals surface area (Å²) in [5.74, 6) is -1.02. The van der Waals surface area contributed by atoms with Crippen LogP contribution in [0.3, 0.4) is 0 Å². The molecule has 0 fully saturated rings. The van der Waals surface area contributed by atoms with E-state index in [0.717, 1.165) is 0 Å². The molecule has 1 atom stereocenters. The molecule has 0 aliphatic heterocycles. The van der Waals surface area contributed by atoms with Gasteiger partial charge in [-0.15, -0.1) is 4.91 Å². The van der Waals surface area contributed by atoms with Crippen molar-refractivity contribution < 1.29 is 9.59 Å². The number of nitrogens with zero attached hydrogens (tertiary/aromatic N) is 3. The summed E-state index contributed by atoms with van der Waals surface area (Å²) >= 11 is 0. The van der Waals surface area contributed by atoms with Gasteiger partial charge < -0.3 is 11.1 Å². The third kappa shape index (κ3) is 5.54. The fourth-order valence-electron chi connectivity index (χ4n) is 1.09. The van der Waals surface area contributed by atoms with Crippen LogP contribution in [0.25, 0.3) is 0 Å². The molecule has 0 bridgehead atoms. The Morgan fingerprint density at radius 1 is 1.62 bits per heavy atom. The highest BCUT2D eigenvalue weighted by atomic mass is 16.3. The molecule has 0 rings (SSSR count). The van der Waals surface area contributed by atoms with Crippen molar-refractivity contribution in [2.45, 2.75) is 25.8 Å². The highest BCUT2D eigenvalue weighted by molar-refractivity contribution is 5.85. The maximum Gasteiger partial charge on any atom is 0.240 e. The number of nitriles is 1. The number of primary amides is 1. The normalized spacial score (nSPS) is 11.0. The molecular formula is C8H13N5O3. The monoisotopic (exact) mass is 227 g/mol. The minimum atomic E-state index is -0.787. The lowest BCUT2D eigenvalue weighted by atomic mass is 10.1. The summed E-state index contributed by atoms with van der Waals surface area (Å²) < 4.78 is 0. The summed E-state index contributed by atoms with van der Waals surface area (Å²) in [6.07, 6.45) is 2.14. The molecule has 2 amide bonds. The number of hydrogen-bond acceptors (Lipinski definition) is 5. The van der Waals surface area contributed by atoms with Crippen LogP contribution in [-0.4, -0.2) is 29.4 Å². The van der Waals surface area contributed by atoms with E-state index in [9.17, 15) is 14.5 Å². The van der Waals surface area contributed by atoms with Gasteiger partial charge in [-0.2, -0.15) is 10.3 Å². The zero-order valence-corrected chi connectivity index (χ0v) is 8.84. The van der Waals surface area contributed by atoms with Gasteiger partial charge in [0.2, 0.25) is 18.0 Å². The molecule has 3 N–H and O–H groups in total. The molecule has 0 aromatic heterocycles. The van der Waals surface area contributed by atoms with Gasteiger partial charge in [-0.05, 0) is 12.8 Å². The largest absolute Gasteiger partial charge is 0.368 e. The molecule has 88 valence electrons. The number of nitrogens with two attached hydrogens (primary N) is 1. The van der Waals surface area contributed by atoms with Crippen molar-refractivity contribution >= 4 is 11.8 Å². The van der Waals surface area contributed by atoms with Crippen LogP contribution >= 0.6 is 0 Å². The van der Waals surface area contributed by atoms with Crippen molar-refractivity contribution in [2.75, 3.05) is 6.54 Å². The zero-order chi connectivity index (χ0) is 12.6. The van der Waals surface area contributed by atoms with Crippen LogP contribution in [0.15, 0.2) is 5.29 Å². The van der Waals surface area contributed by atoms with Crippen molar-refractivity contribution in [3.05, 3.63) is 4.91 Å². The maximum absolute atomic E-state index is 10.9. The van der Waals surface area contributed by atoms with E-state index in [1.54, 1.807) is 6.19 Å². The first-order chi connectivity index (χ1) is 7.51. The van der Waals surface area contributed by atoms with Gasteiger partial charge in [0.15, 0.2) is 0 Å². The van der Waals surface area contributed by atoms with Gasteiger partial charge >= 0.3 is 0 Å². The number of nitroso groups, excluding NO2 is 1. The van der Waals surface area contributed by atoms with E-state index >= 15 is 0 Å². The van der Waals surface area contributed by atoms with Gasteiger partial charge in [-0.3, -0.25) is 9.59 Å². The van der Waals surface area contributed by atoms with E-state index in [2.05, 4.69) is 10.6 Å². The molecule has 0 heterocycles. The third-order valence-corrected chi connectivity index (χ3v) is 1.80. The van der Waals surface area contributed by atoms with Crippen LogP contribution in [-0.2, 0) is 9.59 Å². The summed E-state index contributed by atoms with van der Waals surface area (Å²) in [6.45, 7) is 1.36. The second kappa shape index (κ2) is 7.17. The molecular weight excluding hydrogens is 214 g/mol. The molecule has 16 heavy (non-hydrogen) atoms. The van der Waals surface area contributed by atoms with Crippen molar-refractivity contribution in [3.63, 3.8) is 0 Å². The van der Waals surface area contributed by atoms with E-state index in [1.807, 2.05) is 0 Å². The standard InChI is InChI=1S/C8H13N5O3/c1-6(14)11-7(8(10)15)3-2-4-13(5-9)12-16/h7H,2-4H2,1H3,(H2,10,15)(H,11,14)/t7-/m0/s1. The number of rotatable bonds is 7. The predicted molar refractivity (Wildman–Crippen MR) is 54.1 cm³/mol. The predicted octanol–water partition coefficient (Wildman–Crippen LogP) is -0.779. The average Bonchev–Trinajstić information content (AvgIpc) is 2.22. The van der Waals surface area contributed by atoms with E-state index < -0.39 is 11.9 Å². The Bertz CT molecular complexity index is 311. The molecule has 8 nitrogen and oxygen atoms in total. The van der Waals surface area contributed by atoms with Crippen molar-refractivity contribution in [1.82, 2.24) is 10.3 Å². The minimum Gasteiger partial charge on any atom is -0.368 e. The first-order valence-corrected chi connectivity index (χ1v) is 4.58. The number of hydrogen-bond donors (Lipinski definition) is 2. The fourth-order valence-corrected chi connectivity index (χ4v) is 1.09. The highest BCUT2D eigenvalue weighted by Gasteiger charge is 2.16. The molecule has 0 aromatic rings. The second-order valence-corrected chi connectivity index (χ2v) is 3.10. The molecule has 0 radical (unpaired) electrons. The summed E-state index contributed by atoms with van der Waals surface area (Å²) in [7, 11) is 0.